The van der Waals surface area contributed by atoms with E-state index in [0.717, 1.165) is 5.56 Å². The Morgan fingerprint density at radius 2 is 1.63 bits per heavy atom. The first-order chi connectivity index (χ1) is 14.2. The summed E-state index contributed by atoms with van der Waals surface area (Å²) in [6.45, 7) is 1.78. The van der Waals surface area contributed by atoms with Gasteiger partial charge in [0.2, 0.25) is 15.9 Å². The first-order valence-corrected chi connectivity index (χ1v) is 10.9. The Bertz CT molecular complexity index is 997. The van der Waals surface area contributed by atoms with Gasteiger partial charge in [0.15, 0.2) is 11.5 Å². The van der Waals surface area contributed by atoms with Crippen LogP contribution in [-0.2, 0) is 21.2 Å². The molecule has 0 aromatic heterocycles. The third-order valence-electron chi connectivity index (χ3n) is 4.30. The number of carbonyl (C=O) groups excluding carboxylic acids is 1. The van der Waals surface area contributed by atoms with Crippen molar-refractivity contribution < 1.29 is 27.4 Å². The topological polar surface area (TPSA) is 103 Å². The number of benzene rings is 2. The van der Waals surface area contributed by atoms with E-state index >= 15 is 0 Å². The van der Waals surface area contributed by atoms with Gasteiger partial charge in [-0.05, 0) is 49.2 Å². The van der Waals surface area contributed by atoms with E-state index in [1.165, 1.54) is 32.2 Å². The van der Waals surface area contributed by atoms with Gasteiger partial charge in [-0.2, -0.15) is 4.72 Å². The fourth-order valence-electron chi connectivity index (χ4n) is 2.73. The number of methoxy groups -OCH3 is 3. The van der Waals surface area contributed by atoms with E-state index in [-0.39, 0.29) is 15.7 Å². The average molecular weight is 457 g/mol. The molecule has 0 aliphatic heterocycles. The van der Waals surface area contributed by atoms with Crippen molar-refractivity contribution in [2.45, 2.75) is 24.3 Å². The van der Waals surface area contributed by atoms with Crippen molar-refractivity contribution in [3.63, 3.8) is 0 Å². The summed E-state index contributed by atoms with van der Waals surface area (Å²) in [5, 5.41) is 2.95. The van der Waals surface area contributed by atoms with Crippen molar-refractivity contribution in [1.82, 2.24) is 10.0 Å². The summed E-state index contributed by atoms with van der Waals surface area (Å²) in [4.78, 5) is 12.2. The van der Waals surface area contributed by atoms with Gasteiger partial charge in [0, 0.05) is 11.6 Å². The molecule has 164 valence electrons. The Kier molecular flexibility index (Phi) is 8.33. The smallest absolute Gasteiger partial charge is 0.245 e. The summed E-state index contributed by atoms with van der Waals surface area (Å²) in [6, 6.07) is 8.71. The zero-order valence-corrected chi connectivity index (χ0v) is 18.8. The van der Waals surface area contributed by atoms with Gasteiger partial charge in [0.1, 0.15) is 10.6 Å². The first kappa shape index (κ1) is 23.8. The molecule has 0 fully saturated rings. The maximum absolute atomic E-state index is 12.6. The van der Waals surface area contributed by atoms with E-state index in [4.69, 9.17) is 25.8 Å². The fraction of sp³-hybridized carbons (Fsp3) is 0.350. The summed E-state index contributed by atoms with van der Waals surface area (Å²) in [7, 11) is 0.442. The van der Waals surface area contributed by atoms with Gasteiger partial charge in [0.25, 0.3) is 0 Å². The molecule has 0 saturated heterocycles. The molecule has 1 atom stereocenters. The molecule has 2 rings (SSSR count). The molecule has 10 heteroatoms. The van der Waals surface area contributed by atoms with Crippen molar-refractivity contribution in [2.24, 2.45) is 0 Å². The molecule has 0 saturated carbocycles. The maximum atomic E-state index is 12.6. The molecule has 1 amide bonds. The second kappa shape index (κ2) is 10.5. The normalized spacial score (nSPS) is 12.2. The highest BCUT2D eigenvalue weighted by atomic mass is 35.5. The van der Waals surface area contributed by atoms with Gasteiger partial charge in [-0.3, -0.25) is 4.79 Å². The predicted octanol–water partition coefficient (Wildman–Crippen LogP) is 2.39. The Morgan fingerprint density at radius 3 is 2.27 bits per heavy atom. The van der Waals surface area contributed by atoms with Crippen LogP contribution in [-0.4, -0.2) is 48.2 Å². The van der Waals surface area contributed by atoms with Gasteiger partial charge in [-0.1, -0.05) is 17.7 Å². The molecule has 30 heavy (non-hydrogen) atoms. The van der Waals surface area contributed by atoms with Crippen molar-refractivity contribution in [2.75, 3.05) is 27.9 Å². The number of nitrogens with one attached hydrogen (secondary N) is 2. The van der Waals surface area contributed by atoms with E-state index in [2.05, 4.69) is 10.0 Å². The van der Waals surface area contributed by atoms with Crippen LogP contribution in [0.3, 0.4) is 0 Å². The predicted molar refractivity (Wildman–Crippen MR) is 114 cm³/mol. The molecule has 0 heterocycles. The summed E-state index contributed by atoms with van der Waals surface area (Å²) >= 11 is 5.90. The van der Waals surface area contributed by atoms with E-state index < -0.39 is 22.0 Å². The molecule has 0 unspecified atom stereocenters. The standard InChI is InChI=1S/C20H25ClN2O6S/c1-13(23-30(25,26)19-12-15(21)6-8-17(19)28-3)20(24)22-10-9-14-5-7-16(27-2)18(11-14)29-4/h5-8,11-13,23H,9-10H2,1-4H3,(H,22,24)/t13-/m0/s1. The van der Waals surface area contributed by atoms with E-state index in [1.54, 1.807) is 20.3 Å². The summed E-state index contributed by atoms with van der Waals surface area (Å²) < 4.78 is 43.2. The lowest BCUT2D eigenvalue weighted by atomic mass is 10.1. The highest BCUT2D eigenvalue weighted by molar-refractivity contribution is 7.89. The Hall–Kier alpha value is -2.49. The van der Waals surface area contributed by atoms with Gasteiger partial charge in [-0.15, -0.1) is 0 Å². The molecule has 0 radical (unpaired) electrons. The lowest BCUT2D eigenvalue weighted by Crippen LogP contribution is -2.45. The highest BCUT2D eigenvalue weighted by Gasteiger charge is 2.25. The zero-order chi connectivity index (χ0) is 22.3. The van der Waals surface area contributed by atoms with Crippen LogP contribution >= 0.6 is 11.6 Å². The van der Waals surface area contributed by atoms with Crippen LogP contribution in [0.4, 0.5) is 0 Å². The lowest BCUT2D eigenvalue weighted by molar-refractivity contribution is -0.122. The van der Waals surface area contributed by atoms with E-state index in [9.17, 15) is 13.2 Å². The lowest BCUT2D eigenvalue weighted by Gasteiger charge is -2.16. The molecular formula is C20H25ClN2O6S. The van der Waals surface area contributed by atoms with Crippen LogP contribution in [0.15, 0.2) is 41.3 Å². The fourth-order valence-corrected chi connectivity index (χ4v) is 4.36. The van der Waals surface area contributed by atoms with Crippen LogP contribution in [0.1, 0.15) is 12.5 Å². The molecule has 8 nitrogen and oxygen atoms in total. The number of sulfonamides is 1. The maximum Gasteiger partial charge on any atom is 0.245 e. The number of halogens is 1. The second-order valence-corrected chi connectivity index (χ2v) is 8.49. The monoisotopic (exact) mass is 456 g/mol. The zero-order valence-electron chi connectivity index (χ0n) is 17.2. The van der Waals surface area contributed by atoms with Gasteiger partial charge in [-0.25, -0.2) is 8.42 Å². The van der Waals surface area contributed by atoms with E-state index in [0.29, 0.717) is 24.5 Å². The molecule has 0 spiro atoms. The number of rotatable bonds is 10. The largest absolute Gasteiger partial charge is 0.495 e. The molecular weight excluding hydrogens is 432 g/mol. The molecule has 0 aliphatic carbocycles. The Morgan fingerprint density at radius 1 is 1.00 bits per heavy atom. The molecule has 2 aromatic carbocycles. The quantitative estimate of drug-likeness (QED) is 0.569. The second-order valence-electron chi connectivity index (χ2n) is 6.37. The van der Waals surface area contributed by atoms with Crippen LogP contribution < -0.4 is 24.2 Å². The summed E-state index contributed by atoms with van der Waals surface area (Å²) in [5.41, 5.74) is 0.935. The number of carbonyl (C=O) groups is 1. The molecule has 0 bridgehead atoms. The van der Waals surface area contributed by atoms with Crippen molar-refractivity contribution in [1.29, 1.82) is 0 Å². The molecule has 2 aromatic rings. The molecule has 2 N–H and O–H groups in total. The SMILES string of the molecule is COc1ccc(CCNC(=O)[C@H](C)NS(=O)(=O)c2cc(Cl)ccc2OC)cc1OC. The Labute approximate surface area is 181 Å². The van der Waals surface area contributed by atoms with Crippen LogP contribution in [0.2, 0.25) is 5.02 Å². The number of amides is 1. The third kappa shape index (κ3) is 6.01. The molecule has 0 aliphatic rings. The average Bonchev–Trinajstić information content (AvgIpc) is 2.73. The summed E-state index contributed by atoms with van der Waals surface area (Å²) in [5.74, 6) is 0.885. The van der Waals surface area contributed by atoms with Gasteiger partial charge in [0.05, 0.1) is 27.4 Å². The number of ether oxygens (including phenoxy) is 3. The minimum atomic E-state index is -4.01. The minimum Gasteiger partial charge on any atom is -0.495 e. The van der Waals surface area contributed by atoms with Crippen molar-refractivity contribution >= 4 is 27.5 Å². The highest BCUT2D eigenvalue weighted by Crippen LogP contribution is 2.28. The number of hydrogen-bond acceptors (Lipinski definition) is 6. The van der Waals surface area contributed by atoms with Gasteiger partial charge < -0.3 is 19.5 Å². The number of hydrogen-bond donors (Lipinski definition) is 2. The van der Waals surface area contributed by atoms with Crippen LogP contribution in [0.5, 0.6) is 17.2 Å². The van der Waals surface area contributed by atoms with Crippen LogP contribution in [0.25, 0.3) is 0 Å². The van der Waals surface area contributed by atoms with E-state index in [1.807, 2.05) is 12.1 Å². The van der Waals surface area contributed by atoms with Gasteiger partial charge >= 0.3 is 0 Å². The first-order valence-electron chi connectivity index (χ1n) is 9.06. The minimum absolute atomic E-state index is 0.132. The van der Waals surface area contributed by atoms with Crippen LogP contribution in [0, 0.1) is 0 Å². The van der Waals surface area contributed by atoms with Crippen molar-refractivity contribution in [3.05, 3.63) is 47.0 Å². The van der Waals surface area contributed by atoms with Crippen molar-refractivity contribution in [3.8, 4) is 17.2 Å². The summed E-state index contributed by atoms with van der Waals surface area (Å²) in [6.07, 6.45) is 0.535. The third-order valence-corrected chi connectivity index (χ3v) is 6.10. The Balaban J connectivity index is 1.97.